The molecule has 1 aliphatic heterocycles. The van der Waals surface area contributed by atoms with Gasteiger partial charge in [0.2, 0.25) is 0 Å². The van der Waals surface area contributed by atoms with E-state index in [9.17, 15) is 4.39 Å². The van der Waals surface area contributed by atoms with Gasteiger partial charge in [-0.25, -0.2) is 4.39 Å². The van der Waals surface area contributed by atoms with Crippen LogP contribution in [0.25, 0.3) is 0 Å². The molecule has 3 nitrogen and oxygen atoms in total. The van der Waals surface area contributed by atoms with Crippen molar-refractivity contribution < 1.29 is 13.9 Å². The Balaban J connectivity index is 1.93. The van der Waals surface area contributed by atoms with E-state index < -0.39 is 0 Å². The zero-order valence-electron chi connectivity index (χ0n) is 9.33. The van der Waals surface area contributed by atoms with E-state index in [1.54, 1.807) is 12.1 Å². The summed E-state index contributed by atoms with van der Waals surface area (Å²) in [6.45, 7) is 1.54. The molecule has 0 aromatic heterocycles. The molecule has 4 heteroatoms. The molecule has 0 amide bonds. The van der Waals surface area contributed by atoms with E-state index in [-0.39, 0.29) is 11.6 Å². The molecular weight excluding hydrogens is 209 g/mol. The van der Waals surface area contributed by atoms with E-state index >= 15 is 0 Å². The summed E-state index contributed by atoms with van der Waals surface area (Å²) in [5.41, 5.74) is 0. The fourth-order valence-corrected chi connectivity index (χ4v) is 1.81. The Labute approximate surface area is 94.6 Å². The first kappa shape index (κ1) is 11.2. The quantitative estimate of drug-likeness (QED) is 0.849. The number of halogens is 1. The van der Waals surface area contributed by atoms with Crippen LogP contribution in [0.2, 0.25) is 0 Å². The van der Waals surface area contributed by atoms with Crippen LogP contribution in [0.1, 0.15) is 12.8 Å². The Kier molecular flexibility index (Phi) is 3.62. The molecule has 1 fully saturated rings. The number of ether oxygens (including phenoxy) is 2. The molecule has 0 aliphatic carbocycles. The number of hydrogen-bond donors (Lipinski definition) is 1. The normalized spacial score (nSPS) is 19.8. The van der Waals surface area contributed by atoms with Gasteiger partial charge in [-0.05, 0) is 31.5 Å². The van der Waals surface area contributed by atoms with E-state index in [0.717, 1.165) is 13.0 Å². The first-order chi connectivity index (χ1) is 7.79. The van der Waals surface area contributed by atoms with Gasteiger partial charge in [0.1, 0.15) is 12.4 Å². The van der Waals surface area contributed by atoms with Crippen LogP contribution in [-0.4, -0.2) is 26.3 Å². The Bertz CT molecular complexity index is 351. The standard InChI is InChI=1S/C12H16FNO2/c1-15-10-4-5-12(11(13)7-10)16-8-9-3-2-6-14-9/h4-5,7,9,14H,2-3,6,8H2,1H3. The molecule has 0 saturated carbocycles. The van der Waals surface area contributed by atoms with Crippen molar-refractivity contribution in [3.63, 3.8) is 0 Å². The summed E-state index contributed by atoms with van der Waals surface area (Å²) < 4.78 is 23.8. The maximum atomic E-state index is 13.5. The van der Waals surface area contributed by atoms with Gasteiger partial charge in [0.05, 0.1) is 7.11 Å². The minimum Gasteiger partial charge on any atom is -0.497 e. The zero-order chi connectivity index (χ0) is 11.4. The minimum atomic E-state index is -0.377. The fraction of sp³-hybridized carbons (Fsp3) is 0.500. The topological polar surface area (TPSA) is 30.5 Å². The predicted octanol–water partition coefficient (Wildman–Crippen LogP) is 1.97. The second-order valence-electron chi connectivity index (χ2n) is 3.90. The van der Waals surface area contributed by atoms with E-state index in [1.807, 2.05) is 0 Å². The van der Waals surface area contributed by atoms with Crippen molar-refractivity contribution in [1.82, 2.24) is 5.32 Å². The van der Waals surface area contributed by atoms with Crippen LogP contribution in [0, 0.1) is 5.82 Å². The van der Waals surface area contributed by atoms with Crippen LogP contribution in [0.5, 0.6) is 11.5 Å². The van der Waals surface area contributed by atoms with Crippen molar-refractivity contribution in [1.29, 1.82) is 0 Å². The molecule has 0 spiro atoms. The van der Waals surface area contributed by atoms with Crippen LogP contribution >= 0.6 is 0 Å². The van der Waals surface area contributed by atoms with Crippen LogP contribution < -0.4 is 14.8 Å². The van der Waals surface area contributed by atoms with Crippen molar-refractivity contribution in [2.45, 2.75) is 18.9 Å². The van der Waals surface area contributed by atoms with Gasteiger partial charge in [0.15, 0.2) is 11.6 Å². The highest BCUT2D eigenvalue weighted by Gasteiger charge is 2.15. The molecule has 1 N–H and O–H groups in total. The highest BCUT2D eigenvalue weighted by atomic mass is 19.1. The largest absolute Gasteiger partial charge is 0.497 e. The summed E-state index contributed by atoms with van der Waals surface area (Å²) in [5, 5.41) is 3.30. The number of methoxy groups -OCH3 is 1. The zero-order valence-corrected chi connectivity index (χ0v) is 9.33. The average Bonchev–Trinajstić information content (AvgIpc) is 2.80. The lowest BCUT2D eigenvalue weighted by Gasteiger charge is -2.12. The lowest BCUT2D eigenvalue weighted by atomic mass is 10.2. The third-order valence-corrected chi connectivity index (χ3v) is 2.74. The minimum absolute atomic E-state index is 0.287. The van der Waals surface area contributed by atoms with Crippen molar-refractivity contribution >= 4 is 0 Å². The predicted molar refractivity (Wildman–Crippen MR) is 59.5 cm³/mol. The van der Waals surface area contributed by atoms with Crippen LogP contribution in [0.4, 0.5) is 4.39 Å². The first-order valence-electron chi connectivity index (χ1n) is 5.49. The molecule has 0 radical (unpaired) electrons. The second-order valence-corrected chi connectivity index (χ2v) is 3.90. The highest BCUT2D eigenvalue weighted by molar-refractivity contribution is 5.33. The summed E-state index contributed by atoms with van der Waals surface area (Å²) in [4.78, 5) is 0. The number of hydrogen-bond acceptors (Lipinski definition) is 3. The van der Waals surface area contributed by atoms with Gasteiger partial charge in [0.25, 0.3) is 0 Å². The van der Waals surface area contributed by atoms with E-state index in [4.69, 9.17) is 9.47 Å². The Morgan fingerprint density at radius 3 is 3.00 bits per heavy atom. The molecule has 1 aromatic rings. The maximum absolute atomic E-state index is 13.5. The molecule has 1 heterocycles. The van der Waals surface area contributed by atoms with Crippen LogP contribution in [-0.2, 0) is 0 Å². The lowest BCUT2D eigenvalue weighted by Crippen LogP contribution is -2.28. The van der Waals surface area contributed by atoms with E-state index in [1.165, 1.54) is 19.6 Å². The van der Waals surface area contributed by atoms with Gasteiger partial charge in [-0.15, -0.1) is 0 Å². The van der Waals surface area contributed by atoms with E-state index in [0.29, 0.717) is 18.4 Å². The molecule has 88 valence electrons. The molecule has 1 atom stereocenters. The monoisotopic (exact) mass is 225 g/mol. The lowest BCUT2D eigenvalue weighted by molar-refractivity contribution is 0.264. The van der Waals surface area contributed by atoms with Crippen molar-refractivity contribution in [3.05, 3.63) is 24.0 Å². The Hall–Kier alpha value is -1.29. The van der Waals surface area contributed by atoms with E-state index in [2.05, 4.69) is 5.32 Å². The van der Waals surface area contributed by atoms with Crippen LogP contribution in [0.15, 0.2) is 18.2 Å². The van der Waals surface area contributed by atoms with Gasteiger partial charge >= 0.3 is 0 Å². The van der Waals surface area contributed by atoms with Gasteiger partial charge in [0, 0.05) is 12.1 Å². The summed E-state index contributed by atoms with van der Waals surface area (Å²) >= 11 is 0. The van der Waals surface area contributed by atoms with Crippen LogP contribution in [0.3, 0.4) is 0 Å². The van der Waals surface area contributed by atoms with Gasteiger partial charge < -0.3 is 14.8 Å². The Morgan fingerprint density at radius 1 is 1.50 bits per heavy atom. The SMILES string of the molecule is COc1ccc(OCC2CCCN2)c(F)c1. The smallest absolute Gasteiger partial charge is 0.168 e. The molecule has 1 saturated heterocycles. The Morgan fingerprint density at radius 2 is 2.38 bits per heavy atom. The summed E-state index contributed by atoms with van der Waals surface area (Å²) in [6, 6.07) is 4.97. The molecule has 0 bridgehead atoms. The number of benzene rings is 1. The third-order valence-electron chi connectivity index (χ3n) is 2.74. The fourth-order valence-electron chi connectivity index (χ4n) is 1.81. The maximum Gasteiger partial charge on any atom is 0.168 e. The van der Waals surface area contributed by atoms with Gasteiger partial charge in [-0.1, -0.05) is 0 Å². The van der Waals surface area contributed by atoms with Crippen molar-refractivity contribution in [2.24, 2.45) is 0 Å². The van der Waals surface area contributed by atoms with Crippen molar-refractivity contribution in [3.8, 4) is 11.5 Å². The molecule has 1 aromatic carbocycles. The number of nitrogens with one attached hydrogen (secondary N) is 1. The van der Waals surface area contributed by atoms with Crippen molar-refractivity contribution in [2.75, 3.05) is 20.3 Å². The van der Waals surface area contributed by atoms with Gasteiger partial charge in [-0.2, -0.15) is 0 Å². The second kappa shape index (κ2) is 5.16. The average molecular weight is 225 g/mol. The highest BCUT2D eigenvalue weighted by Crippen LogP contribution is 2.22. The summed E-state index contributed by atoms with van der Waals surface area (Å²) in [6.07, 6.45) is 2.26. The van der Waals surface area contributed by atoms with Gasteiger partial charge in [-0.3, -0.25) is 0 Å². The molecule has 2 rings (SSSR count). The molecule has 1 unspecified atom stereocenters. The number of rotatable bonds is 4. The summed E-state index contributed by atoms with van der Waals surface area (Å²) in [5.74, 6) is 0.413. The first-order valence-corrected chi connectivity index (χ1v) is 5.49. The molecule has 16 heavy (non-hydrogen) atoms. The summed E-state index contributed by atoms with van der Waals surface area (Å²) in [7, 11) is 1.51. The molecular formula is C12H16FNO2. The third kappa shape index (κ3) is 2.64. The molecule has 1 aliphatic rings.